The summed E-state index contributed by atoms with van der Waals surface area (Å²) in [5.74, 6) is -6.92. The molecule has 0 saturated carbocycles. The molecule has 0 fully saturated rings. The number of carbonyl (C=O) groups excluding carboxylic acids is 3. The number of hydrogen-bond acceptors (Lipinski definition) is 15. The van der Waals surface area contributed by atoms with Gasteiger partial charge in [0.2, 0.25) is 5.43 Å². The summed E-state index contributed by atoms with van der Waals surface area (Å²) in [6, 6.07) is 12.9. The number of amides is 1. The molecule has 0 radical (unpaired) electrons. The van der Waals surface area contributed by atoms with Gasteiger partial charge in [0.05, 0.1) is 35.5 Å². The first-order valence-corrected chi connectivity index (χ1v) is 22.9. The third kappa shape index (κ3) is 9.84. The number of ether oxygens (including phenoxy) is 5. The van der Waals surface area contributed by atoms with Gasteiger partial charge in [-0.25, -0.2) is 4.98 Å². The van der Waals surface area contributed by atoms with Crippen LogP contribution in [0.15, 0.2) is 87.8 Å². The smallest absolute Gasteiger partial charge is 0.312 e. The van der Waals surface area contributed by atoms with Crippen LogP contribution in [0.1, 0.15) is 75.5 Å². The minimum Gasteiger partial charge on any atom is -0.507 e. The number of anilines is 1. The molecule has 1 aliphatic carbocycles. The van der Waals surface area contributed by atoms with E-state index in [-0.39, 0.29) is 62.6 Å². The lowest BCUT2D eigenvalue weighted by Gasteiger charge is -2.38. The fraction of sp³-hybridized carbons (Fsp3) is 0.415. The highest BCUT2D eigenvalue weighted by Crippen LogP contribution is 2.50. The number of ketones is 1. The first kappa shape index (κ1) is 50.3. The van der Waals surface area contributed by atoms with Crippen molar-refractivity contribution in [2.24, 2.45) is 23.7 Å². The monoisotopic (exact) mass is 947 g/mol. The fourth-order valence-electron chi connectivity index (χ4n) is 9.23. The molecule has 0 aromatic heterocycles. The van der Waals surface area contributed by atoms with Crippen LogP contribution in [0.5, 0.6) is 17.2 Å². The summed E-state index contributed by atoms with van der Waals surface area (Å²) in [6.45, 7) is 13.6. The Morgan fingerprint density at radius 1 is 0.942 bits per heavy atom. The van der Waals surface area contributed by atoms with E-state index in [0.717, 1.165) is 11.1 Å². The van der Waals surface area contributed by atoms with Gasteiger partial charge in [-0.1, -0.05) is 70.2 Å². The lowest BCUT2D eigenvalue weighted by Crippen LogP contribution is -2.46. The second kappa shape index (κ2) is 20.2. The number of benzene rings is 4. The van der Waals surface area contributed by atoms with E-state index >= 15 is 0 Å². The van der Waals surface area contributed by atoms with Gasteiger partial charge in [-0.3, -0.25) is 19.2 Å². The Hall–Kier alpha value is -6.59. The topological polar surface area (TPSA) is 216 Å². The summed E-state index contributed by atoms with van der Waals surface area (Å²) in [5.41, 5.74) is 1.43. The highest BCUT2D eigenvalue weighted by Gasteiger charge is 2.50. The number of nitrogens with one attached hydrogen (secondary N) is 1. The molecule has 16 heteroatoms. The Labute approximate surface area is 400 Å². The molecule has 4 aliphatic rings. The van der Waals surface area contributed by atoms with Crippen molar-refractivity contribution in [2.45, 2.75) is 98.7 Å². The fourth-order valence-corrected chi connectivity index (χ4v) is 9.23. The number of aliphatic hydroxyl groups excluding tert-OH is 2. The molecule has 16 nitrogen and oxygen atoms in total. The van der Waals surface area contributed by atoms with Crippen LogP contribution in [0.25, 0.3) is 33.3 Å². The van der Waals surface area contributed by atoms with Gasteiger partial charge < -0.3 is 53.6 Å². The van der Waals surface area contributed by atoms with Crippen molar-refractivity contribution in [3.8, 4) is 28.7 Å². The molecule has 69 heavy (non-hydrogen) atoms. The molecule has 4 N–H and O–H groups in total. The van der Waals surface area contributed by atoms with Crippen LogP contribution >= 0.6 is 0 Å². The average molecular weight is 948 g/mol. The Morgan fingerprint density at radius 2 is 1.65 bits per heavy atom. The Kier molecular flexibility index (Phi) is 14.7. The van der Waals surface area contributed by atoms with E-state index in [9.17, 15) is 34.5 Å². The van der Waals surface area contributed by atoms with Crippen molar-refractivity contribution in [2.75, 3.05) is 26.5 Å². The third-order valence-corrected chi connectivity index (χ3v) is 13.3. The molecule has 9 atom stereocenters. The van der Waals surface area contributed by atoms with Gasteiger partial charge >= 0.3 is 11.8 Å². The van der Waals surface area contributed by atoms with Gasteiger partial charge in [0, 0.05) is 73.8 Å². The highest BCUT2D eigenvalue weighted by atomic mass is 16.7. The largest absolute Gasteiger partial charge is 0.507 e. The number of hydrogen-bond donors (Lipinski definition) is 4. The lowest BCUT2D eigenvalue weighted by atomic mass is 9.78. The second-order valence-corrected chi connectivity index (χ2v) is 18.7. The van der Waals surface area contributed by atoms with Gasteiger partial charge in [-0.15, -0.1) is 0 Å². The average Bonchev–Trinajstić information content (AvgIpc) is 3.58. The molecule has 1 amide bonds. The SMILES string of the molecule is CO[C@H]1/C=C/O[C@@]2(C)Oc3c(C)c(O)c4c(=O)c(c5oc6cc(OCc7ccccc7CN(C)C)ccc6nc-5c4c3C2=O)NC(=O)/C(C)=C\C=C\[C@H](C)[C@H](O)[C@@H](C)[C@@H](O)[C@@H](C)[C@H](OC(C)=O)[C@@H]1C. The van der Waals surface area contributed by atoms with Gasteiger partial charge in [0.1, 0.15) is 46.9 Å². The number of rotatable bonds is 7. The predicted molar refractivity (Wildman–Crippen MR) is 259 cm³/mol. The van der Waals surface area contributed by atoms with Crippen LogP contribution in [0, 0.1) is 30.6 Å². The number of methoxy groups -OCH3 is 1. The van der Waals surface area contributed by atoms with Crippen molar-refractivity contribution >= 4 is 45.2 Å². The van der Waals surface area contributed by atoms with Crippen LogP contribution in [-0.4, -0.2) is 94.3 Å². The van der Waals surface area contributed by atoms with Crippen molar-refractivity contribution in [1.29, 1.82) is 0 Å². The highest BCUT2D eigenvalue weighted by molar-refractivity contribution is 6.22. The van der Waals surface area contributed by atoms with E-state index in [1.54, 1.807) is 58.0 Å². The van der Waals surface area contributed by atoms with Gasteiger partial charge in [-0.05, 0) is 57.3 Å². The molecule has 7 rings (SSSR count). The van der Waals surface area contributed by atoms with Gasteiger partial charge in [0.25, 0.3) is 11.7 Å². The molecule has 3 heterocycles. The summed E-state index contributed by atoms with van der Waals surface area (Å²) in [4.78, 5) is 63.1. The maximum atomic E-state index is 14.9. The van der Waals surface area contributed by atoms with Crippen LogP contribution in [0.4, 0.5) is 5.69 Å². The lowest BCUT2D eigenvalue weighted by molar-refractivity contribution is -0.160. The van der Waals surface area contributed by atoms with E-state index < -0.39 is 82.7 Å². The molecular weight excluding hydrogens is 887 g/mol. The van der Waals surface area contributed by atoms with E-state index in [2.05, 4.69) is 10.2 Å². The zero-order chi connectivity index (χ0) is 50.2. The second-order valence-electron chi connectivity index (χ2n) is 18.7. The minimum absolute atomic E-state index is 0.0315. The molecule has 366 valence electrons. The number of esters is 1. The zero-order valence-electron chi connectivity index (χ0n) is 40.8. The standard InChI is InChI=1S/C53H61N3O13/c1-26-15-14-16-27(2)52(63)55-43-47(61)40-39(42-50(43)68-38-23-35(19-20-36(38)54-42)65-25-34-18-13-12-17-33(34)24-56(9)10)41-49(31(6)46(40)60)69-53(8,51(41)62)66-22-21-37(64-11)28(3)48(67-32(7)57)30(5)45(59)29(4)44(26)58/h12-23,26,28-30,37,44-45,48,58-60H,24-25H2,1-11H3,(H,55,63)/b15-14+,22-21+,27-16-/t26-,28+,29+,30+,37-,44-,45+,48+,53-/m0/s1. The van der Waals surface area contributed by atoms with E-state index in [1.165, 1.54) is 53.2 Å². The summed E-state index contributed by atoms with van der Waals surface area (Å²) in [6.07, 6.45) is 3.57. The quantitative estimate of drug-likeness (QED) is 0.0702. The Morgan fingerprint density at radius 3 is 2.33 bits per heavy atom. The first-order chi connectivity index (χ1) is 32.7. The number of allylic oxidation sites excluding steroid dienone is 2. The third-order valence-electron chi connectivity index (χ3n) is 13.3. The molecule has 3 aromatic rings. The summed E-state index contributed by atoms with van der Waals surface area (Å²) in [5, 5.41) is 37.2. The van der Waals surface area contributed by atoms with Crippen molar-refractivity contribution in [3.63, 3.8) is 0 Å². The molecule has 0 spiro atoms. The Bertz CT molecular complexity index is 2920. The number of nitrogens with zero attached hydrogens (tertiary/aromatic N) is 2. The minimum atomic E-state index is -2.05. The number of fused-ring (bicyclic) bond motifs is 2. The molecule has 0 unspecified atom stereocenters. The van der Waals surface area contributed by atoms with Crippen molar-refractivity contribution in [3.05, 3.63) is 111 Å². The zero-order valence-corrected chi connectivity index (χ0v) is 40.8. The van der Waals surface area contributed by atoms with Crippen molar-refractivity contribution in [1.82, 2.24) is 9.88 Å². The van der Waals surface area contributed by atoms with Crippen LogP contribution < -0.4 is 20.2 Å². The molecule has 3 aliphatic heterocycles. The maximum Gasteiger partial charge on any atom is 0.312 e. The summed E-state index contributed by atoms with van der Waals surface area (Å²) in [7, 11) is 5.42. The Balaban J connectivity index is 1.40. The number of aromatic hydroxyl groups is 1. The molecular formula is C53H61N3O13. The number of phenolic OH excluding ortho intramolecular Hbond substituents is 1. The molecule has 0 saturated heterocycles. The van der Waals surface area contributed by atoms with E-state index in [4.69, 9.17) is 33.1 Å². The predicted octanol–water partition coefficient (Wildman–Crippen LogP) is 7.59. The number of phenols is 1. The number of Topliss-reactive ketones (excluding diaryl/α,β-unsaturated/α-hetero) is 1. The number of carbonyl (C=O) groups is 3. The van der Waals surface area contributed by atoms with Crippen LogP contribution in [-0.2, 0) is 37.0 Å². The van der Waals surface area contributed by atoms with Crippen LogP contribution in [0.2, 0.25) is 0 Å². The summed E-state index contributed by atoms with van der Waals surface area (Å²) >= 11 is 0. The maximum absolute atomic E-state index is 14.9. The summed E-state index contributed by atoms with van der Waals surface area (Å²) < 4.78 is 36.7. The van der Waals surface area contributed by atoms with E-state index in [1.807, 2.05) is 38.4 Å². The normalized spacial score (nSPS) is 27.5. The van der Waals surface area contributed by atoms with Crippen LogP contribution in [0.3, 0.4) is 0 Å². The number of aromatic nitrogens is 1. The first-order valence-electron chi connectivity index (χ1n) is 22.9. The van der Waals surface area contributed by atoms with Gasteiger partial charge in [-0.2, -0.15) is 0 Å². The van der Waals surface area contributed by atoms with Gasteiger partial charge in [0.15, 0.2) is 11.3 Å². The molecule has 3 aromatic carbocycles. The molecule has 4 bridgehead atoms. The van der Waals surface area contributed by atoms with Crippen molar-refractivity contribution < 1.29 is 57.8 Å². The number of aliphatic hydroxyl groups is 2. The van der Waals surface area contributed by atoms with E-state index in [0.29, 0.717) is 17.8 Å².